The summed E-state index contributed by atoms with van der Waals surface area (Å²) in [6.07, 6.45) is 5.88. The highest BCUT2D eigenvalue weighted by atomic mass is 16.5. The van der Waals surface area contributed by atoms with Crippen LogP contribution in [-0.2, 0) is 4.74 Å². The zero-order valence-electron chi connectivity index (χ0n) is 21.0. The van der Waals surface area contributed by atoms with Gasteiger partial charge in [0.05, 0.1) is 25.1 Å². The van der Waals surface area contributed by atoms with Gasteiger partial charge in [-0.1, -0.05) is 38.1 Å². The first-order valence-electron chi connectivity index (χ1n) is 12.4. The molecule has 0 unspecified atom stereocenters. The second-order valence-corrected chi connectivity index (χ2v) is 9.57. The second kappa shape index (κ2) is 10.2. The first-order chi connectivity index (χ1) is 17.1. The number of pyridine rings is 1. The smallest absolute Gasteiger partial charge is 0.197 e. The van der Waals surface area contributed by atoms with Crippen LogP contribution in [0.2, 0.25) is 0 Å². The molecule has 3 aromatic heterocycles. The molecule has 5 rings (SSSR count). The molecule has 1 aliphatic heterocycles. The van der Waals surface area contributed by atoms with Crippen molar-refractivity contribution in [3.63, 3.8) is 0 Å². The van der Waals surface area contributed by atoms with Crippen LogP contribution >= 0.6 is 0 Å². The normalized spacial score (nSPS) is 15.3. The van der Waals surface area contributed by atoms with Crippen molar-refractivity contribution in [2.75, 3.05) is 40.5 Å². The van der Waals surface area contributed by atoms with Gasteiger partial charge in [-0.05, 0) is 55.0 Å². The van der Waals surface area contributed by atoms with E-state index < -0.39 is 0 Å². The van der Waals surface area contributed by atoms with Crippen molar-refractivity contribution in [2.45, 2.75) is 38.5 Å². The number of nitrogens with one attached hydrogen (secondary N) is 1. The fraction of sp³-hybridized carbons (Fsp3) is 0.444. The van der Waals surface area contributed by atoms with Crippen molar-refractivity contribution in [2.24, 2.45) is 0 Å². The van der Waals surface area contributed by atoms with E-state index in [0.717, 1.165) is 48.8 Å². The standard InChI is InChI=1S/C27H34N6O2/c1-18(2)24-25(30-31-26(24)22-15-23(35-4)27-28-17-29-33(27)16-22)21-7-5-19(6-8-21)20-9-11-32(12-10-20)13-14-34-3/h5-8,15-18,20H,9-14H2,1-4H3,(H,30,31). The van der Waals surface area contributed by atoms with E-state index in [1.807, 2.05) is 12.3 Å². The monoisotopic (exact) mass is 474 g/mol. The molecule has 8 heteroatoms. The Balaban J connectivity index is 1.40. The topological polar surface area (TPSA) is 80.6 Å². The van der Waals surface area contributed by atoms with Gasteiger partial charge in [0, 0.05) is 31.0 Å². The maximum Gasteiger partial charge on any atom is 0.197 e. The Bertz CT molecular complexity index is 1270. The van der Waals surface area contributed by atoms with Crippen LogP contribution in [0.25, 0.3) is 28.2 Å². The average molecular weight is 475 g/mol. The van der Waals surface area contributed by atoms with E-state index in [0.29, 0.717) is 17.3 Å². The Kier molecular flexibility index (Phi) is 6.83. The summed E-state index contributed by atoms with van der Waals surface area (Å²) in [4.78, 5) is 6.79. The molecule has 0 atom stereocenters. The van der Waals surface area contributed by atoms with Crippen LogP contribution in [0.15, 0.2) is 42.9 Å². The zero-order chi connectivity index (χ0) is 24.4. The van der Waals surface area contributed by atoms with Crippen LogP contribution in [0, 0.1) is 0 Å². The minimum Gasteiger partial charge on any atom is -0.493 e. The summed E-state index contributed by atoms with van der Waals surface area (Å²) in [6.45, 7) is 8.51. The number of aromatic amines is 1. The molecular formula is C27H34N6O2. The molecular weight excluding hydrogens is 440 g/mol. The number of benzene rings is 1. The van der Waals surface area contributed by atoms with Gasteiger partial charge >= 0.3 is 0 Å². The molecule has 1 aromatic carbocycles. The van der Waals surface area contributed by atoms with Gasteiger partial charge in [-0.3, -0.25) is 5.10 Å². The third-order valence-corrected chi connectivity index (χ3v) is 7.09. The zero-order valence-corrected chi connectivity index (χ0v) is 21.0. The molecule has 4 heterocycles. The van der Waals surface area contributed by atoms with Gasteiger partial charge in [0.15, 0.2) is 11.4 Å². The van der Waals surface area contributed by atoms with E-state index >= 15 is 0 Å². The van der Waals surface area contributed by atoms with Crippen LogP contribution in [0.1, 0.15) is 49.7 Å². The largest absolute Gasteiger partial charge is 0.493 e. The van der Waals surface area contributed by atoms with Crippen LogP contribution in [-0.4, -0.2) is 70.2 Å². The van der Waals surface area contributed by atoms with Crippen LogP contribution in [0.4, 0.5) is 0 Å². The number of H-pyrrole nitrogens is 1. The van der Waals surface area contributed by atoms with E-state index in [1.165, 1.54) is 30.3 Å². The second-order valence-electron chi connectivity index (χ2n) is 9.57. The molecule has 0 spiro atoms. The summed E-state index contributed by atoms with van der Waals surface area (Å²) in [5, 5.41) is 12.4. The molecule has 0 bridgehead atoms. The Labute approximate surface area is 206 Å². The first-order valence-corrected chi connectivity index (χ1v) is 12.4. The van der Waals surface area contributed by atoms with Gasteiger partial charge in [0.2, 0.25) is 0 Å². The first kappa shape index (κ1) is 23.5. The number of piperidine rings is 1. The van der Waals surface area contributed by atoms with Gasteiger partial charge in [-0.2, -0.15) is 10.2 Å². The molecule has 0 saturated carbocycles. The summed E-state index contributed by atoms with van der Waals surface area (Å²) in [6, 6.07) is 11.0. The number of ether oxygens (including phenoxy) is 2. The molecule has 0 amide bonds. The molecule has 1 fully saturated rings. The Morgan fingerprint density at radius 1 is 1.09 bits per heavy atom. The molecule has 4 aromatic rings. The van der Waals surface area contributed by atoms with Crippen molar-refractivity contribution in [1.29, 1.82) is 0 Å². The quantitative estimate of drug-likeness (QED) is 0.397. The van der Waals surface area contributed by atoms with E-state index in [-0.39, 0.29) is 5.92 Å². The highest BCUT2D eigenvalue weighted by molar-refractivity contribution is 5.76. The van der Waals surface area contributed by atoms with Crippen molar-refractivity contribution in [1.82, 2.24) is 29.7 Å². The van der Waals surface area contributed by atoms with Crippen molar-refractivity contribution < 1.29 is 9.47 Å². The molecule has 1 N–H and O–H groups in total. The van der Waals surface area contributed by atoms with Gasteiger partial charge in [0.25, 0.3) is 0 Å². The lowest BCUT2D eigenvalue weighted by Gasteiger charge is -2.32. The van der Waals surface area contributed by atoms with E-state index in [9.17, 15) is 0 Å². The predicted octanol–water partition coefficient (Wildman–Crippen LogP) is 4.74. The Hall–Kier alpha value is -3.23. The van der Waals surface area contributed by atoms with E-state index in [4.69, 9.17) is 14.6 Å². The van der Waals surface area contributed by atoms with E-state index in [1.54, 1.807) is 18.7 Å². The third-order valence-electron chi connectivity index (χ3n) is 7.09. The molecule has 1 saturated heterocycles. The van der Waals surface area contributed by atoms with Crippen molar-refractivity contribution >= 4 is 5.65 Å². The predicted molar refractivity (Wildman–Crippen MR) is 137 cm³/mol. The molecule has 184 valence electrons. The number of likely N-dealkylation sites (tertiary alicyclic amines) is 1. The summed E-state index contributed by atoms with van der Waals surface area (Å²) in [5.74, 6) is 1.58. The summed E-state index contributed by atoms with van der Waals surface area (Å²) < 4.78 is 12.5. The summed E-state index contributed by atoms with van der Waals surface area (Å²) in [5.41, 5.74) is 7.38. The van der Waals surface area contributed by atoms with Crippen LogP contribution in [0.3, 0.4) is 0 Å². The minimum atomic E-state index is 0.285. The average Bonchev–Trinajstić information content (AvgIpc) is 3.55. The molecule has 35 heavy (non-hydrogen) atoms. The van der Waals surface area contributed by atoms with Crippen molar-refractivity contribution in [3.05, 3.63) is 54.0 Å². The molecule has 0 aliphatic carbocycles. The minimum absolute atomic E-state index is 0.285. The van der Waals surface area contributed by atoms with Crippen LogP contribution < -0.4 is 4.74 Å². The van der Waals surface area contributed by atoms with Crippen LogP contribution in [0.5, 0.6) is 5.75 Å². The highest BCUT2D eigenvalue weighted by Crippen LogP contribution is 2.38. The fourth-order valence-corrected chi connectivity index (χ4v) is 5.16. The number of nitrogens with zero attached hydrogens (tertiary/aromatic N) is 5. The number of hydrogen-bond acceptors (Lipinski definition) is 6. The Morgan fingerprint density at radius 3 is 2.54 bits per heavy atom. The number of hydrogen-bond donors (Lipinski definition) is 1. The number of methoxy groups -OCH3 is 2. The van der Waals surface area contributed by atoms with Gasteiger partial charge in [-0.15, -0.1) is 0 Å². The lowest BCUT2D eigenvalue weighted by atomic mass is 9.88. The van der Waals surface area contributed by atoms with Crippen molar-refractivity contribution in [3.8, 4) is 28.3 Å². The maximum atomic E-state index is 5.57. The molecule has 0 radical (unpaired) electrons. The molecule has 8 nitrogen and oxygen atoms in total. The van der Waals surface area contributed by atoms with E-state index in [2.05, 4.69) is 58.2 Å². The lowest BCUT2D eigenvalue weighted by molar-refractivity contribution is 0.130. The fourth-order valence-electron chi connectivity index (χ4n) is 5.16. The lowest BCUT2D eigenvalue weighted by Crippen LogP contribution is -2.35. The number of aromatic nitrogens is 5. The summed E-state index contributed by atoms with van der Waals surface area (Å²) in [7, 11) is 3.42. The van der Waals surface area contributed by atoms with Gasteiger partial charge < -0.3 is 14.4 Å². The molecule has 1 aliphatic rings. The SMILES string of the molecule is COCCN1CCC(c2ccc(-c3[nH]nc(-c4cc(OC)c5ncnn5c4)c3C(C)C)cc2)CC1. The summed E-state index contributed by atoms with van der Waals surface area (Å²) >= 11 is 0. The van der Waals surface area contributed by atoms with Gasteiger partial charge in [-0.25, -0.2) is 9.50 Å². The number of rotatable bonds is 8. The highest BCUT2D eigenvalue weighted by Gasteiger charge is 2.23. The third kappa shape index (κ3) is 4.68. The maximum absolute atomic E-state index is 5.57. The van der Waals surface area contributed by atoms with Gasteiger partial charge in [0.1, 0.15) is 6.33 Å². The number of fused-ring (bicyclic) bond motifs is 1. The Morgan fingerprint density at radius 2 is 1.86 bits per heavy atom.